The molecule has 0 spiro atoms. The van der Waals surface area contributed by atoms with Crippen LogP contribution in [-0.4, -0.2) is 52.0 Å². The molecule has 0 aromatic heterocycles. The van der Waals surface area contributed by atoms with Crippen molar-refractivity contribution >= 4 is 15.9 Å². The van der Waals surface area contributed by atoms with Crippen LogP contribution >= 0.6 is 0 Å². The van der Waals surface area contributed by atoms with E-state index < -0.39 is 10.0 Å². The number of carbonyl (C=O) groups excluding carboxylic acids is 1. The summed E-state index contributed by atoms with van der Waals surface area (Å²) in [6.07, 6.45) is 1.12. The smallest absolute Gasteiger partial charge is 0.251 e. The number of benzene rings is 2. The number of sulfonamides is 1. The van der Waals surface area contributed by atoms with Crippen molar-refractivity contribution < 1.29 is 22.7 Å². The van der Waals surface area contributed by atoms with Crippen LogP contribution in [0.4, 0.5) is 0 Å². The van der Waals surface area contributed by atoms with Crippen LogP contribution < -0.4 is 14.8 Å². The van der Waals surface area contributed by atoms with Gasteiger partial charge in [-0.25, -0.2) is 8.42 Å². The maximum atomic E-state index is 13.0. The quantitative estimate of drug-likeness (QED) is 0.759. The second kappa shape index (κ2) is 9.06. The molecule has 2 aromatic carbocycles. The normalized spacial score (nSPS) is 15.6. The lowest BCUT2D eigenvalue weighted by atomic mass is 10.1. The highest BCUT2D eigenvalue weighted by molar-refractivity contribution is 7.89. The Hall–Kier alpha value is -2.58. The van der Waals surface area contributed by atoms with Gasteiger partial charge < -0.3 is 14.8 Å². The Bertz CT molecular complexity index is 1030. The lowest BCUT2D eigenvalue weighted by Crippen LogP contribution is -2.46. The lowest BCUT2D eigenvalue weighted by Gasteiger charge is -2.32. The van der Waals surface area contributed by atoms with E-state index in [0.29, 0.717) is 47.9 Å². The number of piperidine rings is 1. The van der Waals surface area contributed by atoms with Gasteiger partial charge in [0.1, 0.15) is 0 Å². The highest BCUT2D eigenvalue weighted by Gasteiger charge is 2.31. The van der Waals surface area contributed by atoms with Crippen molar-refractivity contribution in [1.29, 1.82) is 0 Å². The first-order valence-corrected chi connectivity index (χ1v) is 11.3. The van der Waals surface area contributed by atoms with Crippen LogP contribution in [0, 0.1) is 13.8 Å². The van der Waals surface area contributed by atoms with Crippen LogP contribution in [0.15, 0.2) is 41.3 Å². The molecule has 1 heterocycles. The van der Waals surface area contributed by atoms with Gasteiger partial charge in [0.2, 0.25) is 10.0 Å². The molecule has 162 valence electrons. The molecule has 1 amide bonds. The highest BCUT2D eigenvalue weighted by atomic mass is 32.2. The van der Waals surface area contributed by atoms with Gasteiger partial charge in [-0.1, -0.05) is 17.7 Å². The van der Waals surface area contributed by atoms with Gasteiger partial charge in [-0.05, 0) is 56.5 Å². The van der Waals surface area contributed by atoms with E-state index in [1.165, 1.54) is 18.5 Å². The lowest BCUT2D eigenvalue weighted by molar-refractivity contribution is 0.0923. The maximum Gasteiger partial charge on any atom is 0.251 e. The van der Waals surface area contributed by atoms with Crippen molar-refractivity contribution in [2.24, 2.45) is 0 Å². The molecule has 3 rings (SSSR count). The topological polar surface area (TPSA) is 84.9 Å². The summed E-state index contributed by atoms with van der Waals surface area (Å²) < 4.78 is 38.0. The number of ether oxygens (including phenoxy) is 2. The molecule has 0 bridgehead atoms. The molecular weight excluding hydrogens is 404 g/mol. The van der Waals surface area contributed by atoms with Crippen LogP contribution in [0.1, 0.15) is 34.3 Å². The number of rotatable bonds is 6. The first kappa shape index (κ1) is 22.1. The van der Waals surface area contributed by atoms with Gasteiger partial charge >= 0.3 is 0 Å². The van der Waals surface area contributed by atoms with E-state index >= 15 is 0 Å². The van der Waals surface area contributed by atoms with Gasteiger partial charge in [0.25, 0.3) is 5.91 Å². The van der Waals surface area contributed by atoms with Crippen LogP contribution in [0.3, 0.4) is 0 Å². The largest absolute Gasteiger partial charge is 0.493 e. The van der Waals surface area contributed by atoms with Crippen molar-refractivity contribution in [1.82, 2.24) is 9.62 Å². The molecule has 8 heteroatoms. The molecule has 0 radical (unpaired) electrons. The average Bonchev–Trinajstić information content (AvgIpc) is 2.73. The van der Waals surface area contributed by atoms with Crippen molar-refractivity contribution in [3.05, 3.63) is 53.1 Å². The van der Waals surface area contributed by atoms with E-state index in [1.54, 1.807) is 24.3 Å². The van der Waals surface area contributed by atoms with Crippen molar-refractivity contribution in [2.45, 2.75) is 37.6 Å². The Morgan fingerprint density at radius 1 is 1.00 bits per heavy atom. The fourth-order valence-corrected chi connectivity index (χ4v) is 5.39. The molecule has 0 aliphatic carbocycles. The van der Waals surface area contributed by atoms with E-state index in [2.05, 4.69) is 5.32 Å². The minimum atomic E-state index is -3.54. The Morgan fingerprint density at radius 3 is 2.27 bits per heavy atom. The van der Waals surface area contributed by atoms with Crippen LogP contribution in [0.25, 0.3) is 0 Å². The number of nitrogens with one attached hydrogen (secondary N) is 1. The van der Waals surface area contributed by atoms with Gasteiger partial charge in [0.05, 0.1) is 19.1 Å². The summed E-state index contributed by atoms with van der Waals surface area (Å²) >= 11 is 0. The summed E-state index contributed by atoms with van der Waals surface area (Å²) in [4.78, 5) is 13.0. The predicted molar refractivity (Wildman–Crippen MR) is 115 cm³/mol. The van der Waals surface area contributed by atoms with Gasteiger partial charge in [-0.15, -0.1) is 0 Å². The Labute approximate surface area is 178 Å². The zero-order valence-corrected chi connectivity index (χ0v) is 18.6. The number of amides is 1. The standard InChI is InChI=1S/C22H28N2O5S/c1-15-5-8-21(16(2)13-15)30(26,27)24-11-9-18(10-12-24)23-22(25)17-6-7-19(28-3)20(14-17)29-4/h5-8,13-14,18H,9-12H2,1-4H3,(H,23,25). The van der Waals surface area contributed by atoms with Crippen molar-refractivity contribution in [3.8, 4) is 11.5 Å². The number of nitrogens with zero attached hydrogens (tertiary/aromatic N) is 1. The number of carbonyl (C=O) groups is 1. The number of methoxy groups -OCH3 is 2. The molecule has 0 atom stereocenters. The van der Waals surface area contributed by atoms with E-state index in [9.17, 15) is 13.2 Å². The van der Waals surface area contributed by atoms with Crippen LogP contribution in [-0.2, 0) is 10.0 Å². The first-order chi connectivity index (χ1) is 14.3. The van der Waals surface area contributed by atoms with E-state index in [0.717, 1.165) is 11.1 Å². The maximum absolute atomic E-state index is 13.0. The number of aryl methyl sites for hydroxylation is 2. The van der Waals surface area contributed by atoms with Gasteiger partial charge in [-0.3, -0.25) is 4.79 Å². The van der Waals surface area contributed by atoms with Crippen molar-refractivity contribution in [2.75, 3.05) is 27.3 Å². The molecule has 0 unspecified atom stereocenters. The Balaban J connectivity index is 1.63. The molecule has 2 aromatic rings. The van der Waals surface area contributed by atoms with Crippen LogP contribution in [0.5, 0.6) is 11.5 Å². The fraction of sp³-hybridized carbons (Fsp3) is 0.409. The number of hydrogen-bond acceptors (Lipinski definition) is 5. The summed E-state index contributed by atoms with van der Waals surface area (Å²) in [6.45, 7) is 4.49. The summed E-state index contributed by atoms with van der Waals surface area (Å²) in [6, 6.07) is 10.3. The molecule has 1 fully saturated rings. The summed E-state index contributed by atoms with van der Waals surface area (Å²) in [5.74, 6) is 0.824. The third kappa shape index (κ3) is 4.60. The molecule has 30 heavy (non-hydrogen) atoms. The molecule has 7 nitrogen and oxygen atoms in total. The van der Waals surface area contributed by atoms with E-state index in [1.807, 2.05) is 26.0 Å². The molecule has 1 aliphatic rings. The summed E-state index contributed by atoms with van der Waals surface area (Å²) in [5, 5.41) is 3.00. The minimum Gasteiger partial charge on any atom is -0.493 e. The van der Waals surface area contributed by atoms with Crippen LogP contribution in [0.2, 0.25) is 0 Å². The molecular formula is C22H28N2O5S. The van der Waals surface area contributed by atoms with E-state index in [4.69, 9.17) is 9.47 Å². The molecule has 1 saturated heterocycles. The van der Waals surface area contributed by atoms with Gasteiger partial charge in [-0.2, -0.15) is 4.31 Å². The molecule has 1 aliphatic heterocycles. The summed E-state index contributed by atoms with van der Waals surface area (Å²) in [5.41, 5.74) is 2.25. The zero-order chi connectivity index (χ0) is 21.9. The first-order valence-electron chi connectivity index (χ1n) is 9.86. The van der Waals surface area contributed by atoms with E-state index in [-0.39, 0.29) is 11.9 Å². The van der Waals surface area contributed by atoms with Crippen molar-refractivity contribution in [3.63, 3.8) is 0 Å². The SMILES string of the molecule is COc1ccc(C(=O)NC2CCN(S(=O)(=O)c3ccc(C)cc3C)CC2)cc1OC. The highest BCUT2D eigenvalue weighted by Crippen LogP contribution is 2.28. The van der Waals surface area contributed by atoms with Gasteiger partial charge in [0.15, 0.2) is 11.5 Å². The fourth-order valence-electron chi connectivity index (χ4n) is 3.71. The zero-order valence-electron chi connectivity index (χ0n) is 17.8. The predicted octanol–water partition coefficient (Wildman–Crippen LogP) is 2.90. The minimum absolute atomic E-state index is 0.0869. The monoisotopic (exact) mass is 432 g/mol. The Kier molecular flexibility index (Phi) is 6.67. The molecule has 1 N–H and O–H groups in total. The second-order valence-electron chi connectivity index (χ2n) is 7.49. The molecule has 0 saturated carbocycles. The third-order valence-electron chi connectivity index (χ3n) is 5.38. The number of hydrogen-bond donors (Lipinski definition) is 1. The Morgan fingerprint density at radius 2 is 1.67 bits per heavy atom. The summed E-state index contributed by atoms with van der Waals surface area (Å²) in [7, 11) is -0.482. The third-order valence-corrected chi connectivity index (χ3v) is 7.44. The second-order valence-corrected chi connectivity index (χ2v) is 9.40. The van der Waals surface area contributed by atoms with Gasteiger partial charge in [0, 0.05) is 24.7 Å². The average molecular weight is 433 g/mol.